The van der Waals surface area contributed by atoms with Crippen LogP contribution in [0.25, 0.3) is 16.9 Å². The summed E-state index contributed by atoms with van der Waals surface area (Å²) in [6.45, 7) is 0.218. The molecule has 2 aromatic heterocycles. The van der Waals surface area contributed by atoms with Gasteiger partial charge in [-0.3, -0.25) is 4.79 Å². The number of carbonyl (C=O) groups excluding carboxylic acids is 1. The molecule has 1 amide bonds. The molecule has 1 aromatic carbocycles. The number of nitrogens with zero attached hydrogens (tertiary/aromatic N) is 4. The number of pyridine rings is 1. The van der Waals surface area contributed by atoms with Crippen LogP contribution in [0.4, 0.5) is 4.39 Å². The van der Waals surface area contributed by atoms with E-state index in [0.29, 0.717) is 29.8 Å². The van der Waals surface area contributed by atoms with Gasteiger partial charge in [0.05, 0.1) is 64.3 Å². The van der Waals surface area contributed by atoms with E-state index in [4.69, 9.17) is 9.84 Å². The largest absolute Gasteiger partial charge is 0.390 e. The Labute approximate surface area is 189 Å². The van der Waals surface area contributed by atoms with Crippen molar-refractivity contribution in [2.45, 2.75) is 43.9 Å². The van der Waals surface area contributed by atoms with Gasteiger partial charge >= 0.3 is 0 Å². The van der Waals surface area contributed by atoms with Gasteiger partial charge < -0.3 is 15.2 Å². The number of aliphatic hydroxyl groups excluding tert-OH is 1. The normalized spacial score (nSPS) is 22.0. The molecule has 3 aromatic rings. The first-order valence-electron chi connectivity index (χ1n) is 10.8. The first kappa shape index (κ1) is 21.2. The van der Waals surface area contributed by atoms with E-state index in [-0.39, 0.29) is 41.3 Å². The van der Waals surface area contributed by atoms with Crippen LogP contribution in [-0.4, -0.2) is 45.1 Å². The molecule has 1 fully saturated rings. The highest BCUT2D eigenvalue weighted by molar-refractivity contribution is 6.01. The second-order valence-corrected chi connectivity index (χ2v) is 8.34. The lowest BCUT2D eigenvalue weighted by molar-refractivity contribution is -0.0417. The zero-order valence-electron chi connectivity index (χ0n) is 18.0. The standard InChI is InChI=1S/C24H22FN5O3/c1-33-21-9-13(5-6-20(21)31)16-7-8-30(29-16)19-10-17(28-18-12-27-24(32)23(18)19)22-14(11-26)3-2-4-15(22)25/h2-4,7-8,10,13,20-21,31H,5-6,9,12H2,1H3,(H,27,32)/t13?,20-,21+/m1/s1. The molecule has 0 radical (unpaired) electrons. The van der Waals surface area contributed by atoms with Crippen LogP contribution in [0.3, 0.4) is 0 Å². The lowest BCUT2D eigenvalue weighted by atomic mass is 9.83. The van der Waals surface area contributed by atoms with Gasteiger partial charge in [-0.1, -0.05) is 6.07 Å². The molecule has 0 bridgehead atoms. The average molecular weight is 447 g/mol. The highest BCUT2D eigenvalue weighted by Gasteiger charge is 2.32. The Hall–Kier alpha value is -3.61. The Morgan fingerprint density at radius 2 is 2.15 bits per heavy atom. The number of hydrogen-bond donors (Lipinski definition) is 2. The Bertz CT molecular complexity index is 1280. The van der Waals surface area contributed by atoms with Crippen LogP contribution < -0.4 is 5.32 Å². The number of carbonyl (C=O) groups is 1. The van der Waals surface area contributed by atoms with Crippen molar-refractivity contribution in [1.29, 1.82) is 5.26 Å². The number of halogens is 1. The Morgan fingerprint density at radius 3 is 2.94 bits per heavy atom. The molecule has 0 saturated heterocycles. The number of nitriles is 1. The van der Waals surface area contributed by atoms with Gasteiger partial charge in [0.2, 0.25) is 0 Å². The van der Waals surface area contributed by atoms with Crippen molar-refractivity contribution in [3.63, 3.8) is 0 Å². The van der Waals surface area contributed by atoms with Gasteiger partial charge in [0, 0.05) is 19.2 Å². The smallest absolute Gasteiger partial charge is 0.255 e. The predicted molar refractivity (Wildman–Crippen MR) is 116 cm³/mol. The summed E-state index contributed by atoms with van der Waals surface area (Å²) in [5.74, 6) is -0.720. The van der Waals surface area contributed by atoms with Gasteiger partial charge in [-0.2, -0.15) is 10.4 Å². The Balaban J connectivity index is 1.59. The fourth-order valence-corrected chi connectivity index (χ4v) is 4.72. The number of rotatable bonds is 4. The molecule has 8 nitrogen and oxygen atoms in total. The SMILES string of the molecule is CO[C@H]1CC(c2ccn(-c3cc(-c4c(F)cccc4C#N)nc4c3C(=O)NC4)n2)CC[C@H]1O. The van der Waals surface area contributed by atoms with Crippen LogP contribution >= 0.6 is 0 Å². The lowest BCUT2D eigenvalue weighted by Gasteiger charge is -2.31. The molecule has 3 heterocycles. The zero-order chi connectivity index (χ0) is 23.1. The van der Waals surface area contributed by atoms with Gasteiger partial charge in [0.15, 0.2) is 0 Å². The number of nitrogens with one attached hydrogen (secondary N) is 1. The molecule has 1 unspecified atom stereocenters. The molecule has 1 aliphatic heterocycles. The van der Waals surface area contributed by atoms with E-state index in [2.05, 4.69) is 10.3 Å². The van der Waals surface area contributed by atoms with Crippen LogP contribution in [0, 0.1) is 17.1 Å². The van der Waals surface area contributed by atoms with Crippen molar-refractivity contribution in [2.24, 2.45) is 0 Å². The molecular weight excluding hydrogens is 425 g/mol. The van der Waals surface area contributed by atoms with E-state index in [1.165, 1.54) is 18.2 Å². The number of aliphatic hydroxyl groups is 1. The summed E-state index contributed by atoms with van der Waals surface area (Å²) in [5.41, 5.74) is 2.71. The maximum absolute atomic E-state index is 14.7. The number of ether oxygens (including phenoxy) is 1. The van der Waals surface area contributed by atoms with Gasteiger partial charge in [-0.15, -0.1) is 0 Å². The van der Waals surface area contributed by atoms with Gasteiger partial charge in [0.1, 0.15) is 5.82 Å². The molecule has 0 spiro atoms. The van der Waals surface area contributed by atoms with E-state index < -0.39 is 11.9 Å². The minimum Gasteiger partial charge on any atom is -0.390 e. The molecule has 2 aliphatic rings. The van der Waals surface area contributed by atoms with E-state index in [9.17, 15) is 19.6 Å². The topological polar surface area (TPSA) is 113 Å². The van der Waals surface area contributed by atoms with Crippen molar-refractivity contribution in [2.75, 3.05) is 7.11 Å². The van der Waals surface area contributed by atoms with Crippen LogP contribution in [0.2, 0.25) is 0 Å². The highest BCUT2D eigenvalue weighted by Crippen LogP contribution is 2.35. The van der Waals surface area contributed by atoms with Gasteiger partial charge in [-0.05, 0) is 43.5 Å². The van der Waals surface area contributed by atoms with Crippen LogP contribution in [0.5, 0.6) is 0 Å². The van der Waals surface area contributed by atoms with Gasteiger partial charge in [0.25, 0.3) is 5.91 Å². The Kier molecular flexibility index (Phi) is 5.40. The third kappa shape index (κ3) is 3.67. The third-order valence-electron chi connectivity index (χ3n) is 6.44. The van der Waals surface area contributed by atoms with Crippen molar-refractivity contribution in [1.82, 2.24) is 20.1 Å². The first-order chi connectivity index (χ1) is 16.0. The Morgan fingerprint density at radius 1 is 1.30 bits per heavy atom. The number of benzene rings is 1. The molecule has 1 saturated carbocycles. The van der Waals surface area contributed by atoms with Crippen molar-refractivity contribution < 1.29 is 19.0 Å². The van der Waals surface area contributed by atoms with Gasteiger partial charge in [-0.25, -0.2) is 14.1 Å². The third-order valence-corrected chi connectivity index (χ3v) is 6.44. The number of methoxy groups -OCH3 is 1. The first-order valence-corrected chi connectivity index (χ1v) is 10.8. The molecule has 1 aliphatic carbocycles. The summed E-state index contributed by atoms with van der Waals surface area (Å²) in [6.07, 6.45) is 3.08. The molecule has 2 N–H and O–H groups in total. The molecule has 5 rings (SSSR count). The van der Waals surface area contributed by atoms with Crippen molar-refractivity contribution in [3.05, 3.63) is 64.9 Å². The summed E-state index contributed by atoms with van der Waals surface area (Å²) < 4.78 is 21.7. The minimum atomic E-state index is -0.558. The summed E-state index contributed by atoms with van der Waals surface area (Å²) in [7, 11) is 1.59. The van der Waals surface area contributed by atoms with E-state index in [1.807, 2.05) is 12.1 Å². The predicted octanol–water partition coefficient (Wildman–Crippen LogP) is 2.83. The maximum Gasteiger partial charge on any atom is 0.255 e. The number of amides is 1. The van der Waals surface area contributed by atoms with Crippen LogP contribution in [-0.2, 0) is 11.3 Å². The lowest BCUT2D eigenvalue weighted by Crippen LogP contribution is -2.34. The monoisotopic (exact) mass is 447 g/mol. The van der Waals surface area contributed by atoms with Crippen LogP contribution in [0.15, 0.2) is 36.5 Å². The average Bonchev–Trinajstić information content (AvgIpc) is 3.46. The second-order valence-electron chi connectivity index (χ2n) is 8.34. The summed E-state index contributed by atoms with van der Waals surface area (Å²) in [5, 5.41) is 27.1. The van der Waals surface area contributed by atoms with Crippen molar-refractivity contribution in [3.8, 4) is 23.0 Å². The highest BCUT2D eigenvalue weighted by atomic mass is 19.1. The summed E-state index contributed by atoms with van der Waals surface area (Å²) in [6, 6.07) is 9.79. The molecule has 3 atom stereocenters. The zero-order valence-corrected chi connectivity index (χ0v) is 18.0. The fraction of sp³-hybridized carbons (Fsp3) is 0.333. The van der Waals surface area contributed by atoms with Crippen molar-refractivity contribution >= 4 is 5.91 Å². The summed E-state index contributed by atoms with van der Waals surface area (Å²) in [4.78, 5) is 17.1. The fourth-order valence-electron chi connectivity index (χ4n) is 4.72. The number of fused-ring (bicyclic) bond motifs is 1. The van der Waals surface area contributed by atoms with E-state index >= 15 is 0 Å². The molecular formula is C24H22FN5O3. The van der Waals surface area contributed by atoms with E-state index in [1.54, 1.807) is 24.1 Å². The second kappa shape index (κ2) is 8.39. The van der Waals surface area contributed by atoms with Crippen LogP contribution in [0.1, 0.15) is 52.5 Å². The summed E-state index contributed by atoms with van der Waals surface area (Å²) >= 11 is 0. The number of hydrogen-bond acceptors (Lipinski definition) is 6. The van der Waals surface area contributed by atoms with E-state index in [0.717, 1.165) is 12.1 Å². The quantitative estimate of drug-likeness (QED) is 0.636. The molecule has 9 heteroatoms. The molecule has 33 heavy (non-hydrogen) atoms. The maximum atomic E-state index is 14.7. The number of aromatic nitrogens is 3. The minimum absolute atomic E-state index is 0.0972. The molecule has 168 valence electrons.